The summed E-state index contributed by atoms with van der Waals surface area (Å²) in [5.41, 5.74) is 2.08. The predicted octanol–water partition coefficient (Wildman–Crippen LogP) is 3.30. The number of hydrogen-bond donors (Lipinski definition) is 0. The lowest BCUT2D eigenvalue weighted by Crippen LogP contribution is -2.47. The van der Waals surface area contributed by atoms with Crippen LogP contribution in [0.15, 0.2) is 42.5 Å². The molecule has 1 aliphatic heterocycles. The van der Waals surface area contributed by atoms with Gasteiger partial charge < -0.3 is 9.64 Å². The average molecular weight is 369 g/mol. The van der Waals surface area contributed by atoms with E-state index < -0.39 is 4.92 Å². The third-order valence-corrected chi connectivity index (χ3v) is 5.13. The number of piperazine rings is 1. The molecule has 2 aromatic carbocycles. The van der Waals surface area contributed by atoms with Crippen LogP contribution in [-0.4, -0.2) is 49.4 Å². The number of anilines is 1. The summed E-state index contributed by atoms with van der Waals surface area (Å²) in [6, 6.07) is 12.9. The molecular weight excluding hydrogens is 346 g/mol. The Bertz CT molecular complexity index is 814. The summed E-state index contributed by atoms with van der Waals surface area (Å²) in [5, 5.41) is 11.4. The zero-order valence-electron chi connectivity index (χ0n) is 15.5. The summed E-state index contributed by atoms with van der Waals surface area (Å²) in [6.07, 6.45) is 0.630. The molecule has 1 saturated heterocycles. The molecule has 0 amide bonds. The van der Waals surface area contributed by atoms with Crippen molar-refractivity contribution in [1.82, 2.24) is 4.90 Å². The lowest BCUT2D eigenvalue weighted by Gasteiger charge is -2.39. The molecule has 0 aliphatic carbocycles. The minimum Gasteiger partial charge on any atom is -0.497 e. The zero-order chi connectivity index (χ0) is 19.4. The van der Waals surface area contributed by atoms with Gasteiger partial charge in [-0.05, 0) is 36.8 Å². The molecule has 7 heteroatoms. The summed E-state index contributed by atoms with van der Waals surface area (Å²) < 4.78 is 5.21. The van der Waals surface area contributed by atoms with Crippen LogP contribution in [0, 0.1) is 10.1 Å². The molecule has 27 heavy (non-hydrogen) atoms. The van der Waals surface area contributed by atoms with Crippen LogP contribution >= 0.6 is 0 Å². The van der Waals surface area contributed by atoms with Crippen LogP contribution in [-0.2, 0) is 0 Å². The second kappa shape index (κ2) is 8.18. The molecule has 2 aromatic rings. The average Bonchev–Trinajstić information content (AvgIpc) is 2.73. The first-order valence-corrected chi connectivity index (χ1v) is 8.90. The van der Waals surface area contributed by atoms with Crippen molar-refractivity contribution in [2.24, 2.45) is 0 Å². The number of nitro benzene ring substituents is 1. The first-order valence-electron chi connectivity index (χ1n) is 8.90. The second-order valence-corrected chi connectivity index (χ2v) is 6.60. The van der Waals surface area contributed by atoms with Gasteiger partial charge in [0.1, 0.15) is 17.7 Å². The molecule has 7 nitrogen and oxygen atoms in total. The highest BCUT2D eigenvalue weighted by Crippen LogP contribution is 2.31. The van der Waals surface area contributed by atoms with Gasteiger partial charge in [0.15, 0.2) is 0 Å². The number of carbonyl (C=O) groups excluding carboxylic acids is 1. The summed E-state index contributed by atoms with van der Waals surface area (Å²) in [5.74, 6) is 0.835. The summed E-state index contributed by atoms with van der Waals surface area (Å²) in [4.78, 5) is 26.3. The quantitative estimate of drug-likeness (QED) is 0.442. The summed E-state index contributed by atoms with van der Waals surface area (Å²) >= 11 is 0. The Balaban J connectivity index is 1.69. The van der Waals surface area contributed by atoms with E-state index in [-0.39, 0.29) is 11.7 Å². The highest BCUT2D eigenvalue weighted by atomic mass is 16.6. The molecule has 0 radical (unpaired) electrons. The Hall–Kier alpha value is -2.93. The van der Waals surface area contributed by atoms with Crippen molar-refractivity contribution in [3.8, 4) is 5.75 Å². The van der Waals surface area contributed by atoms with E-state index >= 15 is 0 Å². The minimum absolute atomic E-state index is 0.0174. The maximum atomic E-state index is 11.4. The van der Waals surface area contributed by atoms with Crippen molar-refractivity contribution in [3.05, 3.63) is 63.7 Å². The zero-order valence-corrected chi connectivity index (χ0v) is 15.5. The van der Waals surface area contributed by atoms with E-state index in [0.717, 1.165) is 18.8 Å². The van der Waals surface area contributed by atoms with E-state index in [1.54, 1.807) is 19.2 Å². The van der Waals surface area contributed by atoms with E-state index in [0.29, 0.717) is 30.6 Å². The van der Waals surface area contributed by atoms with Gasteiger partial charge in [-0.1, -0.05) is 12.1 Å². The molecule has 1 fully saturated rings. The first-order chi connectivity index (χ1) is 13.0. The standard InChI is InChI=1S/C20H23N3O4/c1-15(17-4-6-18(27-2)7-5-17)21-9-11-22(12-10-21)19-8-3-16(14-24)13-20(19)23(25)26/h3-8,13-15H,9-12H2,1-2H3. The van der Waals surface area contributed by atoms with Crippen molar-refractivity contribution >= 4 is 17.7 Å². The number of methoxy groups -OCH3 is 1. The van der Waals surface area contributed by atoms with Crippen LogP contribution in [0.2, 0.25) is 0 Å². The Kier molecular flexibility index (Phi) is 5.71. The Labute approximate surface area is 158 Å². The van der Waals surface area contributed by atoms with Crippen molar-refractivity contribution < 1.29 is 14.5 Å². The molecule has 3 rings (SSSR count). The van der Waals surface area contributed by atoms with Gasteiger partial charge in [-0.15, -0.1) is 0 Å². The number of benzene rings is 2. The molecule has 0 saturated carbocycles. The number of ether oxygens (including phenoxy) is 1. The van der Waals surface area contributed by atoms with Crippen molar-refractivity contribution in [3.63, 3.8) is 0 Å². The van der Waals surface area contributed by atoms with E-state index in [1.165, 1.54) is 11.6 Å². The Morgan fingerprint density at radius 1 is 1.11 bits per heavy atom. The van der Waals surface area contributed by atoms with E-state index in [1.807, 2.05) is 17.0 Å². The third kappa shape index (κ3) is 4.09. The molecule has 1 atom stereocenters. The highest BCUT2D eigenvalue weighted by molar-refractivity contribution is 5.79. The third-order valence-electron chi connectivity index (χ3n) is 5.13. The molecule has 1 aliphatic rings. The fourth-order valence-corrected chi connectivity index (χ4v) is 3.47. The Morgan fingerprint density at radius 3 is 2.33 bits per heavy atom. The van der Waals surface area contributed by atoms with E-state index in [2.05, 4.69) is 24.0 Å². The van der Waals surface area contributed by atoms with Gasteiger partial charge in [-0.2, -0.15) is 0 Å². The number of carbonyl (C=O) groups is 1. The number of nitro groups is 1. The number of hydrogen-bond acceptors (Lipinski definition) is 6. The molecule has 0 spiro atoms. The largest absolute Gasteiger partial charge is 0.497 e. The molecule has 1 unspecified atom stereocenters. The molecule has 0 N–H and O–H groups in total. The Morgan fingerprint density at radius 2 is 1.78 bits per heavy atom. The second-order valence-electron chi connectivity index (χ2n) is 6.60. The van der Waals surface area contributed by atoms with Gasteiger partial charge in [0.25, 0.3) is 5.69 Å². The number of nitrogens with zero attached hydrogens (tertiary/aromatic N) is 3. The topological polar surface area (TPSA) is 75.9 Å². The van der Waals surface area contributed by atoms with Gasteiger partial charge >= 0.3 is 0 Å². The summed E-state index contributed by atoms with van der Waals surface area (Å²) in [6.45, 7) is 5.17. The van der Waals surface area contributed by atoms with Crippen molar-refractivity contribution in [1.29, 1.82) is 0 Å². The van der Waals surface area contributed by atoms with Crippen molar-refractivity contribution in [2.45, 2.75) is 13.0 Å². The van der Waals surface area contributed by atoms with Crippen LogP contribution in [0.1, 0.15) is 28.9 Å². The lowest BCUT2D eigenvalue weighted by atomic mass is 10.1. The maximum Gasteiger partial charge on any atom is 0.293 e. The molecule has 0 aromatic heterocycles. The SMILES string of the molecule is COc1ccc(C(C)N2CCN(c3ccc(C=O)cc3[N+](=O)[O-])CC2)cc1. The van der Waals surface area contributed by atoms with Crippen LogP contribution in [0.3, 0.4) is 0 Å². The molecule has 0 bridgehead atoms. The normalized spacial score (nSPS) is 16.0. The highest BCUT2D eigenvalue weighted by Gasteiger charge is 2.26. The van der Waals surface area contributed by atoms with E-state index in [4.69, 9.17) is 4.74 Å². The molecule has 1 heterocycles. The van der Waals surface area contributed by atoms with Crippen molar-refractivity contribution in [2.75, 3.05) is 38.2 Å². The molecular formula is C20H23N3O4. The van der Waals surface area contributed by atoms with Gasteiger partial charge in [-0.25, -0.2) is 0 Å². The van der Waals surface area contributed by atoms with Crippen LogP contribution < -0.4 is 9.64 Å². The van der Waals surface area contributed by atoms with Gasteiger partial charge in [0.05, 0.1) is 12.0 Å². The lowest BCUT2D eigenvalue weighted by molar-refractivity contribution is -0.384. The fourth-order valence-electron chi connectivity index (χ4n) is 3.47. The smallest absolute Gasteiger partial charge is 0.293 e. The van der Waals surface area contributed by atoms with Gasteiger partial charge in [-0.3, -0.25) is 19.8 Å². The fraction of sp³-hybridized carbons (Fsp3) is 0.350. The summed E-state index contributed by atoms with van der Waals surface area (Å²) in [7, 11) is 1.65. The van der Waals surface area contributed by atoms with Gasteiger partial charge in [0, 0.05) is 43.9 Å². The van der Waals surface area contributed by atoms with Crippen LogP contribution in [0.4, 0.5) is 11.4 Å². The monoisotopic (exact) mass is 369 g/mol. The van der Waals surface area contributed by atoms with E-state index in [9.17, 15) is 14.9 Å². The van der Waals surface area contributed by atoms with Gasteiger partial charge in [0.2, 0.25) is 0 Å². The number of rotatable bonds is 6. The first kappa shape index (κ1) is 18.8. The number of aldehydes is 1. The van der Waals surface area contributed by atoms with Crippen LogP contribution in [0.5, 0.6) is 5.75 Å². The van der Waals surface area contributed by atoms with Crippen LogP contribution in [0.25, 0.3) is 0 Å². The molecule has 142 valence electrons. The minimum atomic E-state index is -0.422. The predicted molar refractivity (Wildman–Crippen MR) is 104 cm³/mol. The maximum absolute atomic E-state index is 11.4.